The molecule has 0 aliphatic rings. The third kappa shape index (κ3) is 2.83. The van der Waals surface area contributed by atoms with Crippen molar-refractivity contribution in [1.29, 1.82) is 0 Å². The number of hydrogen-bond acceptors (Lipinski definition) is 4. The monoisotopic (exact) mass is 237 g/mol. The van der Waals surface area contributed by atoms with Gasteiger partial charge in [-0.25, -0.2) is 0 Å². The van der Waals surface area contributed by atoms with E-state index in [0.717, 1.165) is 6.20 Å². The maximum Gasteiger partial charge on any atom is 0.394 e. The van der Waals surface area contributed by atoms with Crippen molar-refractivity contribution in [2.45, 2.75) is 25.8 Å². The van der Waals surface area contributed by atoms with Crippen LogP contribution < -0.4 is 0 Å². The predicted octanol–water partition coefficient (Wildman–Crippen LogP) is 0.877. The summed E-state index contributed by atoms with van der Waals surface area (Å²) in [6.07, 6.45) is -4.86. The largest absolute Gasteiger partial charge is 0.506 e. The molecular weight excluding hydrogens is 227 g/mol. The van der Waals surface area contributed by atoms with Crippen LogP contribution >= 0.6 is 0 Å². The van der Waals surface area contributed by atoms with Crippen LogP contribution in [0.2, 0.25) is 0 Å². The molecule has 1 heterocycles. The fourth-order valence-corrected chi connectivity index (χ4v) is 1.25. The van der Waals surface area contributed by atoms with Gasteiger partial charge in [-0.05, 0) is 0 Å². The van der Waals surface area contributed by atoms with Crippen molar-refractivity contribution in [2.75, 3.05) is 0 Å². The number of alkyl halides is 3. The zero-order valence-electron chi connectivity index (χ0n) is 8.12. The number of aromatic nitrogens is 1. The number of pyridine rings is 1. The lowest BCUT2D eigenvalue weighted by atomic mass is 10.1. The van der Waals surface area contributed by atoms with Crippen LogP contribution in [0.1, 0.15) is 16.8 Å². The van der Waals surface area contributed by atoms with Gasteiger partial charge in [-0.15, -0.1) is 0 Å². The van der Waals surface area contributed by atoms with E-state index in [0.29, 0.717) is 0 Å². The van der Waals surface area contributed by atoms with E-state index in [1.807, 2.05) is 0 Å². The summed E-state index contributed by atoms with van der Waals surface area (Å²) in [6, 6.07) is 0. The maximum atomic E-state index is 12.1. The van der Waals surface area contributed by atoms with Gasteiger partial charge in [0, 0.05) is 17.3 Å². The van der Waals surface area contributed by atoms with Gasteiger partial charge in [0.1, 0.15) is 5.75 Å². The molecule has 0 radical (unpaired) electrons. The van der Waals surface area contributed by atoms with E-state index in [9.17, 15) is 18.3 Å². The summed E-state index contributed by atoms with van der Waals surface area (Å²) in [4.78, 5) is 3.40. The first-order chi connectivity index (χ1) is 7.39. The van der Waals surface area contributed by atoms with Crippen LogP contribution in [0, 0.1) is 0 Å². The Morgan fingerprint density at radius 3 is 2.25 bits per heavy atom. The molecule has 7 heteroatoms. The molecule has 0 aliphatic carbocycles. The Bertz CT molecular complexity index is 379. The van der Waals surface area contributed by atoms with E-state index < -0.39 is 37.3 Å². The number of aliphatic hydroxyl groups excluding tert-OH is 2. The molecule has 16 heavy (non-hydrogen) atoms. The molecule has 0 spiro atoms. The highest BCUT2D eigenvalue weighted by molar-refractivity contribution is 5.40. The van der Waals surface area contributed by atoms with Crippen LogP contribution in [0.5, 0.6) is 5.75 Å². The van der Waals surface area contributed by atoms with Crippen LogP contribution in [0.3, 0.4) is 0 Å². The summed E-state index contributed by atoms with van der Waals surface area (Å²) >= 11 is 0. The molecule has 0 saturated heterocycles. The average molecular weight is 237 g/mol. The molecule has 4 nitrogen and oxygen atoms in total. The van der Waals surface area contributed by atoms with Crippen LogP contribution in [-0.2, 0) is 19.6 Å². The van der Waals surface area contributed by atoms with E-state index in [4.69, 9.17) is 10.2 Å². The molecule has 3 N–H and O–H groups in total. The molecule has 0 aliphatic heterocycles. The second-order valence-corrected chi connectivity index (χ2v) is 3.17. The van der Waals surface area contributed by atoms with Crippen LogP contribution in [0.4, 0.5) is 13.2 Å². The van der Waals surface area contributed by atoms with Crippen molar-refractivity contribution >= 4 is 0 Å². The van der Waals surface area contributed by atoms with E-state index in [1.165, 1.54) is 0 Å². The van der Waals surface area contributed by atoms with Crippen molar-refractivity contribution in [1.82, 2.24) is 4.98 Å². The van der Waals surface area contributed by atoms with Crippen molar-refractivity contribution < 1.29 is 28.5 Å². The lowest BCUT2D eigenvalue weighted by Crippen LogP contribution is -2.14. The second-order valence-electron chi connectivity index (χ2n) is 3.17. The van der Waals surface area contributed by atoms with E-state index in [1.54, 1.807) is 0 Å². The molecule has 1 aromatic heterocycles. The third-order valence-electron chi connectivity index (χ3n) is 2.02. The molecule has 0 aromatic carbocycles. The van der Waals surface area contributed by atoms with Gasteiger partial charge in [-0.3, -0.25) is 4.98 Å². The SMILES string of the molecule is OCc1cnc(CC(F)(F)F)c(O)c1CO. The Kier molecular flexibility index (Phi) is 3.71. The first-order valence-electron chi connectivity index (χ1n) is 4.36. The average Bonchev–Trinajstić information content (AvgIpc) is 2.19. The minimum Gasteiger partial charge on any atom is -0.506 e. The topological polar surface area (TPSA) is 73.6 Å². The Morgan fingerprint density at radius 2 is 1.81 bits per heavy atom. The summed E-state index contributed by atoms with van der Waals surface area (Å²) in [5.41, 5.74) is -0.587. The van der Waals surface area contributed by atoms with E-state index >= 15 is 0 Å². The number of nitrogens with zero attached hydrogens (tertiary/aromatic N) is 1. The van der Waals surface area contributed by atoms with Crippen LogP contribution in [0.15, 0.2) is 6.20 Å². The maximum absolute atomic E-state index is 12.1. The second kappa shape index (κ2) is 4.67. The summed E-state index contributed by atoms with van der Waals surface area (Å²) < 4.78 is 36.2. The Balaban J connectivity index is 3.14. The lowest BCUT2D eigenvalue weighted by Gasteiger charge is -2.12. The van der Waals surface area contributed by atoms with Crippen molar-refractivity contribution in [3.63, 3.8) is 0 Å². The first kappa shape index (κ1) is 12.7. The van der Waals surface area contributed by atoms with Crippen LogP contribution in [0.25, 0.3) is 0 Å². The molecule has 0 unspecified atom stereocenters. The molecule has 90 valence electrons. The highest BCUT2D eigenvalue weighted by Gasteiger charge is 2.30. The normalized spacial score (nSPS) is 11.8. The zero-order valence-corrected chi connectivity index (χ0v) is 8.12. The highest BCUT2D eigenvalue weighted by atomic mass is 19.4. The standard InChI is InChI=1S/C9H10F3NO3/c10-9(11,12)1-7-8(16)6(4-15)5(3-14)2-13-7/h2,14-16H,1,3-4H2. The minimum atomic E-state index is -4.49. The number of rotatable bonds is 3. The summed E-state index contributed by atoms with van der Waals surface area (Å²) in [5, 5.41) is 27.1. The fraction of sp³-hybridized carbons (Fsp3) is 0.444. The van der Waals surface area contributed by atoms with Gasteiger partial charge in [0.05, 0.1) is 25.3 Å². The lowest BCUT2D eigenvalue weighted by molar-refractivity contribution is -0.128. The summed E-state index contributed by atoms with van der Waals surface area (Å²) in [5.74, 6) is -0.716. The highest BCUT2D eigenvalue weighted by Crippen LogP contribution is 2.29. The summed E-state index contributed by atoms with van der Waals surface area (Å²) in [7, 11) is 0. The first-order valence-corrected chi connectivity index (χ1v) is 4.36. The third-order valence-corrected chi connectivity index (χ3v) is 2.02. The van der Waals surface area contributed by atoms with Gasteiger partial charge < -0.3 is 15.3 Å². The van der Waals surface area contributed by atoms with Gasteiger partial charge in [0.2, 0.25) is 0 Å². The van der Waals surface area contributed by atoms with Crippen LogP contribution in [-0.4, -0.2) is 26.5 Å². The number of hydrogen-bond donors (Lipinski definition) is 3. The van der Waals surface area contributed by atoms with Gasteiger partial charge in [0.15, 0.2) is 0 Å². The molecule has 0 amide bonds. The molecule has 1 aromatic rings. The molecule has 0 fully saturated rings. The predicted molar refractivity (Wildman–Crippen MR) is 47.5 cm³/mol. The minimum absolute atomic E-state index is 0.103. The zero-order chi connectivity index (χ0) is 12.3. The van der Waals surface area contributed by atoms with Gasteiger partial charge >= 0.3 is 6.18 Å². The molecule has 0 saturated carbocycles. The van der Waals surface area contributed by atoms with E-state index in [2.05, 4.69) is 4.98 Å². The van der Waals surface area contributed by atoms with E-state index in [-0.39, 0.29) is 11.1 Å². The Morgan fingerprint density at radius 1 is 1.19 bits per heavy atom. The van der Waals surface area contributed by atoms with Crippen molar-refractivity contribution in [3.8, 4) is 5.75 Å². The molecule has 0 atom stereocenters. The smallest absolute Gasteiger partial charge is 0.394 e. The quantitative estimate of drug-likeness (QED) is 0.729. The van der Waals surface area contributed by atoms with Gasteiger partial charge in [-0.2, -0.15) is 13.2 Å². The Hall–Kier alpha value is -1.34. The van der Waals surface area contributed by atoms with Gasteiger partial charge in [0.25, 0.3) is 0 Å². The number of aromatic hydroxyl groups is 1. The molecule has 0 bridgehead atoms. The Labute approximate surface area is 89.0 Å². The van der Waals surface area contributed by atoms with Crippen molar-refractivity contribution in [2.24, 2.45) is 0 Å². The molecule has 1 rings (SSSR count). The van der Waals surface area contributed by atoms with Crippen molar-refractivity contribution in [3.05, 3.63) is 23.0 Å². The summed E-state index contributed by atoms with van der Waals surface area (Å²) in [6.45, 7) is -1.17. The fourth-order valence-electron chi connectivity index (χ4n) is 1.25. The van der Waals surface area contributed by atoms with Gasteiger partial charge in [-0.1, -0.05) is 0 Å². The molecular formula is C9H10F3NO3. The number of halogens is 3. The number of aliphatic hydroxyl groups is 2.